The van der Waals surface area contributed by atoms with Crippen LogP contribution in [-0.4, -0.2) is 19.7 Å². The second-order valence-corrected chi connectivity index (χ2v) is 7.07. The molecule has 0 aliphatic rings. The molecule has 0 bridgehead atoms. The van der Waals surface area contributed by atoms with Crippen molar-refractivity contribution in [3.05, 3.63) is 53.0 Å². The van der Waals surface area contributed by atoms with Gasteiger partial charge >= 0.3 is 5.76 Å². The van der Waals surface area contributed by atoms with Crippen molar-refractivity contribution < 1.29 is 12.8 Å². The van der Waals surface area contributed by atoms with Crippen LogP contribution >= 0.6 is 11.8 Å². The molecule has 2 N–H and O–H groups in total. The fraction of sp³-hybridized carbons (Fsp3) is 0.0714. The molecule has 1 aromatic heterocycles. The Balaban J connectivity index is 1.94. The molecular formula is C14H12N2O4S2. The van der Waals surface area contributed by atoms with E-state index in [0.717, 1.165) is 4.90 Å². The van der Waals surface area contributed by atoms with Crippen molar-refractivity contribution in [1.29, 1.82) is 0 Å². The average molecular weight is 336 g/mol. The molecule has 0 amide bonds. The van der Waals surface area contributed by atoms with Crippen LogP contribution in [0.5, 0.6) is 0 Å². The Hall–Kier alpha value is -2.19. The van der Waals surface area contributed by atoms with Gasteiger partial charge in [0.05, 0.1) is 10.4 Å². The third-order valence-corrected chi connectivity index (χ3v) is 5.17. The molecule has 0 unspecified atom stereocenters. The number of rotatable bonds is 4. The maximum absolute atomic E-state index is 12.4. The molecule has 0 saturated carbocycles. The minimum Gasteiger partial charge on any atom is -0.408 e. The molecule has 0 aliphatic carbocycles. The van der Waals surface area contributed by atoms with Crippen molar-refractivity contribution in [2.75, 3.05) is 11.0 Å². The summed E-state index contributed by atoms with van der Waals surface area (Å²) in [6, 6.07) is 11.3. The van der Waals surface area contributed by atoms with E-state index < -0.39 is 15.8 Å². The average Bonchev–Trinajstić information content (AvgIpc) is 2.86. The first-order valence-corrected chi connectivity index (χ1v) is 8.98. The summed E-state index contributed by atoms with van der Waals surface area (Å²) in [4.78, 5) is 14.6. The molecule has 1 heterocycles. The lowest BCUT2D eigenvalue weighted by Crippen LogP contribution is -2.12. The van der Waals surface area contributed by atoms with Crippen molar-refractivity contribution in [3.8, 4) is 0 Å². The van der Waals surface area contributed by atoms with E-state index in [1.807, 2.05) is 18.4 Å². The standard InChI is InChI=1S/C14H12N2O4S2/c1-21-10-4-2-9(3-5-10)16-22(18,19)11-6-7-12-13(8-11)20-14(17)15-12/h2-8,16H,1H3,(H,15,17). The van der Waals surface area contributed by atoms with Gasteiger partial charge in [0.2, 0.25) is 0 Å². The number of H-pyrrole nitrogens is 1. The number of oxazole rings is 1. The molecule has 2 aromatic carbocycles. The zero-order valence-corrected chi connectivity index (χ0v) is 13.1. The molecule has 0 fully saturated rings. The molecular weight excluding hydrogens is 324 g/mol. The van der Waals surface area contributed by atoms with Crippen molar-refractivity contribution in [3.63, 3.8) is 0 Å². The summed E-state index contributed by atoms with van der Waals surface area (Å²) in [6.07, 6.45) is 1.94. The van der Waals surface area contributed by atoms with Gasteiger partial charge in [0, 0.05) is 16.6 Å². The highest BCUT2D eigenvalue weighted by Crippen LogP contribution is 2.22. The first kappa shape index (κ1) is 14.7. The molecule has 8 heteroatoms. The van der Waals surface area contributed by atoms with E-state index >= 15 is 0 Å². The normalized spacial score (nSPS) is 11.7. The predicted octanol–water partition coefficient (Wildman–Crippen LogP) is 2.64. The van der Waals surface area contributed by atoms with Crippen LogP contribution < -0.4 is 10.5 Å². The van der Waals surface area contributed by atoms with Gasteiger partial charge in [-0.2, -0.15) is 0 Å². The molecule has 0 atom stereocenters. The highest BCUT2D eigenvalue weighted by atomic mass is 32.2. The summed E-state index contributed by atoms with van der Waals surface area (Å²) in [5, 5.41) is 0. The number of hydrogen-bond donors (Lipinski definition) is 2. The summed E-state index contributed by atoms with van der Waals surface area (Å²) in [7, 11) is -3.75. The predicted molar refractivity (Wildman–Crippen MR) is 85.9 cm³/mol. The number of benzene rings is 2. The number of sulfonamides is 1. The Labute approximate surface area is 130 Å². The fourth-order valence-electron chi connectivity index (χ4n) is 1.97. The number of thioether (sulfide) groups is 1. The second-order valence-electron chi connectivity index (χ2n) is 4.51. The van der Waals surface area contributed by atoms with Gasteiger partial charge in [-0.3, -0.25) is 9.71 Å². The van der Waals surface area contributed by atoms with Gasteiger partial charge in [0.25, 0.3) is 10.0 Å². The van der Waals surface area contributed by atoms with Crippen LogP contribution in [-0.2, 0) is 10.0 Å². The first-order valence-electron chi connectivity index (χ1n) is 6.28. The molecule has 3 aromatic rings. The van der Waals surface area contributed by atoms with Crippen molar-refractivity contribution in [1.82, 2.24) is 4.98 Å². The molecule has 0 spiro atoms. The van der Waals surface area contributed by atoms with E-state index in [1.165, 1.54) is 18.2 Å². The van der Waals surface area contributed by atoms with Crippen molar-refractivity contribution in [2.45, 2.75) is 9.79 Å². The third kappa shape index (κ3) is 2.88. The Bertz CT molecular complexity index is 972. The zero-order chi connectivity index (χ0) is 15.7. The molecule has 6 nitrogen and oxygen atoms in total. The number of aromatic amines is 1. The van der Waals surface area contributed by atoms with Crippen LogP contribution in [0.15, 0.2) is 61.5 Å². The van der Waals surface area contributed by atoms with Crippen LogP contribution in [0, 0.1) is 0 Å². The molecule has 0 saturated heterocycles. The Morgan fingerprint density at radius 1 is 1.14 bits per heavy atom. The van der Waals surface area contributed by atoms with E-state index in [-0.39, 0.29) is 10.5 Å². The van der Waals surface area contributed by atoms with E-state index in [1.54, 1.807) is 23.9 Å². The van der Waals surface area contributed by atoms with Gasteiger partial charge in [-0.05, 0) is 42.7 Å². The van der Waals surface area contributed by atoms with Gasteiger partial charge in [0.1, 0.15) is 0 Å². The Kier molecular flexibility index (Phi) is 3.71. The maximum atomic E-state index is 12.4. The maximum Gasteiger partial charge on any atom is 0.417 e. The highest BCUT2D eigenvalue weighted by molar-refractivity contribution is 7.98. The molecule has 3 rings (SSSR count). The second kappa shape index (κ2) is 5.54. The van der Waals surface area contributed by atoms with Crippen LogP contribution in [0.25, 0.3) is 11.1 Å². The van der Waals surface area contributed by atoms with Gasteiger partial charge in [-0.25, -0.2) is 13.2 Å². The summed E-state index contributed by atoms with van der Waals surface area (Å²) in [6.45, 7) is 0. The summed E-state index contributed by atoms with van der Waals surface area (Å²) in [5.41, 5.74) is 1.12. The summed E-state index contributed by atoms with van der Waals surface area (Å²) < 4.78 is 32.1. The monoisotopic (exact) mass is 336 g/mol. The topological polar surface area (TPSA) is 92.2 Å². The van der Waals surface area contributed by atoms with Gasteiger partial charge in [0.15, 0.2) is 5.58 Å². The van der Waals surface area contributed by atoms with Gasteiger partial charge < -0.3 is 4.42 Å². The number of hydrogen-bond acceptors (Lipinski definition) is 5. The van der Waals surface area contributed by atoms with Crippen LogP contribution in [0.3, 0.4) is 0 Å². The number of fused-ring (bicyclic) bond motifs is 1. The number of nitrogens with one attached hydrogen (secondary N) is 2. The van der Waals surface area contributed by atoms with Gasteiger partial charge in [-0.1, -0.05) is 0 Å². The number of aromatic nitrogens is 1. The van der Waals surface area contributed by atoms with Crippen molar-refractivity contribution in [2.24, 2.45) is 0 Å². The fourth-order valence-corrected chi connectivity index (χ4v) is 3.45. The van der Waals surface area contributed by atoms with E-state index in [2.05, 4.69) is 9.71 Å². The largest absolute Gasteiger partial charge is 0.417 e. The summed E-state index contributed by atoms with van der Waals surface area (Å²) >= 11 is 1.57. The minimum atomic E-state index is -3.75. The Morgan fingerprint density at radius 2 is 1.86 bits per heavy atom. The van der Waals surface area contributed by atoms with E-state index in [4.69, 9.17) is 4.42 Å². The third-order valence-electron chi connectivity index (χ3n) is 3.04. The lowest BCUT2D eigenvalue weighted by molar-refractivity contribution is 0.554. The van der Waals surface area contributed by atoms with Crippen LogP contribution in [0.1, 0.15) is 0 Å². The minimum absolute atomic E-state index is 0.0247. The molecule has 0 radical (unpaired) electrons. The smallest absolute Gasteiger partial charge is 0.408 e. The summed E-state index contributed by atoms with van der Waals surface area (Å²) in [5.74, 6) is -0.620. The van der Waals surface area contributed by atoms with Crippen LogP contribution in [0.4, 0.5) is 5.69 Å². The van der Waals surface area contributed by atoms with Crippen LogP contribution in [0.2, 0.25) is 0 Å². The SMILES string of the molecule is CSc1ccc(NS(=O)(=O)c2ccc3[nH]c(=O)oc3c2)cc1. The van der Waals surface area contributed by atoms with Gasteiger partial charge in [-0.15, -0.1) is 11.8 Å². The highest BCUT2D eigenvalue weighted by Gasteiger charge is 2.16. The molecule has 22 heavy (non-hydrogen) atoms. The molecule has 0 aliphatic heterocycles. The lowest BCUT2D eigenvalue weighted by Gasteiger charge is -2.08. The van der Waals surface area contributed by atoms with Crippen molar-refractivity contribution >= 4 is 38.6 Å². The zero-order valence-electron chi connectivity index (χ0n) is 11.5. The quantitative estimate of drug-likeness (QED) is 0.715. The lowest BCUT2D eigenvalue weighted by atomic mass is 10.3. The van der Waals surface area contributed by atoms with E-state index in [0.29, 0.717) is 11.2 Å². The Morgan fingerprint density at radius 3 is 2.55 bits per heavy atom. The first-order chi connectivity index (χ1) is 10.5. The number of anilines is 1. The molecule has 114 valence electrons. The van der Waals surface area contributed by atoms with E-state index in [9.17, 15) is 13.2 Å².